The van der Waals surface area contributed by atoms with Crippen molar-refractivity contribution in [2.75, 3.05) is 33.7 Å². The van der Waals surface area contributed by atoms with Crippen molar-refractivity contribution in [3.05, 3.63) is 89.0 Å². The van der Waals surface area contributed by atoms with Gasteiger partial charge in [-0.25, -0.2) is 4.98 Å². The van der Waals surface area contributed by atoms with Crippen LogP contribution in [0.4, 0.5) is 13.2 Å². The van der Waals surface area contributed by atoms with Crippen LogP contribution in [0, 0.1) is 17.2 Å². The Bertz CT molecular complexity index is 1430. The molecule has 8 nitrogen and oxygen atoms in total. The van der Waals surface area contributed by atoms with Crippen LogP contribution in [-0.2, 0) is 30.5 Å². The number of amides is 1. The zero-order chi connectivity index (χ0) is 33.0. The van der Waals surface area contributed by atoms with Gasteiger partial charge in [-0.3, -0.25) is 4.79 Å². The number of thiocarbonyl (C=S) groups is 1. The predicted octanol–water partition coefficient (Wildman–Crippen LogP) is 5.22. The maximum Gasteiger partial charge on any atom is 0.416 e. The number of hydrogen-bond acceptors (Lipinski definition) is 5. The van der Waals surface area contributed by atoms with E-state index in [0.717, 1.165) is 31.0 Å². The van der Waals surface area contributed by atoms with Gasteiger partial charge in [-0.2, -0.15) is 18.4 Å². The monoisotopic (exact) mass is 641 g/mol. The summed E-state index contributed by atoms with van der Waals surface area (Å²) in [6.45, 7) is 6.08. The topological polar surface area (TPSA) is 89.2 Å². The van der Waals surface area contributed by atoms with Gasteiger partial charge in [0.25, 0.3) is 0 Å². The van der Waals surface area contributed by atoms with Gasteiger partial charge >= 0.3 is 6.18 Å². The van der Waals surface area contributed by atoms with Crippen molar-refractivity contribution >= 4 is 23.2 Å². The second kappa shape index (κ2) is 16.9. The highest BCUT2D eigenvalue weighted by molar-refractivity contribution is 7.80. The van der Waals surface area contributed by atoms with Gasteiger partial charge in [0, 0.05) is 44.1 Å². The summed E-state index contributed by atoms with van der Waals surface area (Å²) in [4.78, 5) is 21.4. The molecular weight excluding hydrogens is 599 g/mol. The summed E-state index contributed by atoms with van der Waals surface area (Å²) in [6.07, 6.45) is 0.433. The number of alkyl halides is 3. The second-order valence-electron chi connectivity index (χ2n) is 11.5. The zero-order valence-electron chi connectivity index (χ0n) is 26.3. The van der Waals surface area contributed by atoms with E-state index in [-0.39, 0.29) is 42.9 Å². The Morgan fingerprint density at radius 2 is 1.87 bits per heavy atom. The minimum Gasteiger partial charge on any atom is -0.363 e. The molecule has 2 atom stereocenters. The van der Waals surface area contributed by atoms with E-state index in [9.17, 15) is 18.0 Å². The van der Waals surface area contributed by atoms with E-state index >= 15 is 0 Å². The summed E-state index contributed by atoms with van der Waals surface area (Å²) in [7, 11) is 3.94. The number of imidazole rings is 1. The largest absolute Gasteiger partial charge is 0.416 e. The van der Waals surface area contributed by atoms with E-state index in [0.29, 0.717) is 29.5 Å². The highest BCUT2D eigenvalue weighted by Crippen LogP contribution is 2.32. The molecule has 1 aromatic heterocycles. The molecule has 2 N–H and O–H groups in total. The van der Waals surface area contributed by atoms with E-state index in [1.54, 1.807) is 35.6 Å². The molecule has 0 radical (unpaired) electrons. The Morgan fingerprint density at radius 3 is 2.51 bits per heavy atom. The van der Waals surface area contributed by atoms with Crippen LogP contribution in [0.15, 0.2) is 61.1 Å². The molecule has 45 heavy (non-hydrogen) atoms. The lowest BCUT2D eigenvalue weighted by atomic mass is 9.97. The van der Waals surface area contributed by atoms with Gasteiger partial charge in [-0.15, -0.1) is 0 Å². The molecule has 12 heteroatoms. The van der Waals surface area contributed by atoms with Gasteiger partial charge in [-0.1, -0.05) is 50.6 Å². The summed E-state index contributed by atoms with van der Waals surface area (Å²) in [5.74, 6) is -0.197. The zero-order valence-corrected chi connectivity index (χ0v) is 27.1. The molecule has 0 bridgehead atoms. The van der Waals surface area contributed by atoms with Crippen molar-refractivity contribution in [1.82, 2.24) is 30.0 Å². The molecule has 2 aromatic carbocycles. The molecule has 0 aliphatic carbocycles. The van der Waals surface area contributed by atoms with Crippen molar-refractivity contribution in [3.8, 4) is 6.07 Å². The van der Waals surface area contributed by atoms with Crippen LogP contribution in [0.25, 0.3) is 0 Å². The van der Waals surface area contributed by atoms with Crippen LogP contribution >= 0.6 is 12.2 Å². The van der Waals surface area contributed by atoms with E-state index in [2.05, 4.69) is 21.7 Å². The minimum absolute atomic E-state index is 0.0226. The van der Waals surface area contributed by atoms with Crippen molar-refractivity contribution in [2.45, 2.75) is 58.4 Å². The van der Waals surface area contributed by atoms with Crippen molar-refractivity contribution in [2.24, 2.45) is 5.92 Å². The summed E-state index contributed by atoms with van der Waals surface area (Å²) < 4.78 is 43.5. The number of hydrogen-bond donors (Lipinski definition) is 2. The molecule has 0 saturated carbocycles. The Labute approximate surface area is 269 Å². The first-order valence-corrected chi connectivity index (χ1v) is 15.4. The van der Waals surface area contributed by atoms with Gasteiger partial charge in [0.2, 0.25) is 5.91 Å². The SMILES string of the molecule is CC[C@H](C)[C@@H](CN(Cc1ccccc1C(F)(F)F)C(=S)NCCCN(C)C)NC(=O)Cc1cncn1Cc1ccc(C#N)cc1. The van der Waals surface area contributed by atoms with Gasteiger partial charge in [-0.05, 0) is 74.5 Å². The number of halogens is 3. The number of carbonyl (C=O) groups is 1. The number of rotatable bonds is 15. The molecule has 242 valence electrons. The molecule has 0 aliphatic heterocycles. The highest BCUT2D eigenvalue weighted by Gasteiger charge is 2.34. The van der Waals surface area contributed by atoms with Gasteiger partial charge < -0.3 is 25.0 Å². The summed E-state index contributed by atoms with van der Waals surface area (Å²) in [5.41, 5.74) is 1.66. The van der Waals surface area contributed by atoms with Gasteiger partial charge in [0.05, 0.1) is 29.9 Å². The number of benzene rings is 2. The maximum absolute atomic E-state index is 13.9. The van der Waals surface area contributed by atoms with Crippen molar-refractivity contribution in [1.29, 1.82) is 5.26 Å². The molecule has 3 aromatic rings. The third-order valence-corrected chi connectivity index (χ3v) is 8.10. The van der Waals surface area contributed by atoms with Gasteiger partial charge in [0.15, 0.2) is 5.11 Å². The van der Waals surface area contributed by atoms with Crippen LogP contribution in [0.2, 0.25) is 0 Å². The Kier molecular flexibility index (Phi) is 13.4. The number of nitrogens with zero attached hydrogens (tertiary/aromatic N) is 5. The van der Waals surface area contributed by atoms with Crippen LogP contribution in [0.5, 0.6) is 0 Å². The Morgan fingerprint density at radius 1 is 1.16 bits per heavy atom. The Hall–Kier alpha value is -3.95. The van der Waals surface area contributed by atoms with E-state index < -0.39 is 11.7 Å². The fourth-order valence-corrected chi connectivity index (χ4v) is 5.13. The number of nitrogens with one attached hydrogen (secondary N) is 2. The lowest BCUT2D eigenvalue weighted by molar-refractivity contribution is -0.138. The van der Waals surface area contributed by atoms with Crippen LogP contribution in [0.1, 0.15) is 54.6 Å². The van der Waals surface area contributed by atoms with Crippen LogP contribution < -0.4 is 10.6 Å². The molecule has 1 amide bonds. The van der Waals surface area contributed by atoms with Crippen molar-refractivity contribution in [3.63, 3.8) is 0 Å². The normalized spacial score (nSPS) is 12.8. The third-order valence-electron chi connectivity index (χ3n) is 7.70. The molecule has 1 heterocycles. The summed E-state index contributed by atoms with van der Waals surface area (Å²) in [5, 5.41) is 15.7. The predicted molar refractivity (Wildman–Crippen MR) is 173 cm³/mol. The molecule has 0 spiro atoms. The standard InChI is InChI=1S/C33H42F3N7OS/c1-5-24(2)30(40-31(44)17-28-19-38-23-43(28)20-26-13-11-25(18-37)12-14-26)22-42(32(45)39-15-8-16-41(3)4)21-27-9-6-7-10-29(27)33(34,35)36/h6-7,9-14,19,23-24,30H,5,8,15-17,20-22H2,1-4H3,(H,39,45)(H,40,44)/t24-,30+/m0/s1. The van der Waals surface area contributed by atoms with E-state index in [1.165, 1.54) is 12.1 Å². The lowest BCUT2D eigenvalue weighted by Gasteiger charge is -2.34. The molecule has 0 fully saturated rings. The fraction of sp³-hybridized carbons (Fsp3) is 0.455. The smallest absolute Gasteiger partial charge is 0.363 e. The third kappa shape index (κ3) is 11.2. The Balaban J connectivity index is 1.77. The quantitative estimate of drug-likeness (QED) is 0.174. The maximum atomic E-state index is 13.9. The molecule has 0 saturated heterocycles. The average Bonchev–Trinajstić information content (AvgIpc) is 3.43. The molecule has 3 rings (SSSR count). The van der Waals surface area contributed by atoms with Crippen LogP contribution in [-0.4, -0.2) is 70.1 Å². The first kappa shape index (κ1) is 35.5. The van der Waals surface area contributed by atoms with Crippen molar-refractivity contribution < 1.29 is 18.0 Å². The number of aromatic nitrogens is 2. The highest BCUT2D eigenvalue weighted by atomic mass is 32.1. The van der Waals surface area contributed by atoms with Crippen LogP contribution in [0.3, 0.4) is 0 Å². The second-order valence-corrected chi connectivity index (χ2v) is 11.9. The first-order chi connectivity index (χ1) is 21.4. The fourth-order valence-electron chi connectivity index (χ4n) is 4.89. The van der Waals surface area contributed by atoms with E-state index in [4.69, 9.17) is 17.5 Å². The van der Waals surface area contributed by atoms with Gasteiger partial charge in [0.1, 0.15) is 0 Å². The number of nitriles is 1. The minimum atomic E-state index is -4.51. The average molecular weight is 642 g/mol. The van der Waals surface area contributed by atoms with E-state index in [1.807, 2.05) is 49.5 Å². The number of carbonyl (C=O) groups excluding carboxylic acids is 1. The molecule has 0 aliphatic rings. The lowest BCUT2D eigenvalue weighted by Crippen LogP contribution is -2.51. The molecular formula is C33H42F3N7OS. The molecule has 0 unspecified atom stereocenters. The summed E-state index contributed by atoms with van der Waals surface area (Å²) >= 11 is 5.71. The summed E-state index contributed by atoms with van der Waals surface area (Å²) in [6, 6.07) is 14.5. The first-order valence-electron chi connectivity index (χ1n) is 15.0.